The molecular formula is C15H25N3O. The largest absolute Gasteiger partial charge is 0.329 e. The van der Waals surface area contributed by atoms with E-state index >= 15 is 0 Å². The topological polar surface area (TPSA) is 68.0 Å². The molecule has 0 aliphatic heterocycles. The van der Waals surface area contributed by atoms with Gasteiger partial charge in [0.2, 0.25) is 5.91 Å². The molecule has 0 aliphatic rings. The molecule has 0 aromatic carbocycles. The van der Waals surface area contributed by atoms with Crippen LogP contribution in [0.2, 0.25) is 0 Å². The highest BCUT2D eigenvalue weighted by molar-refractivity contribution is 5.95. The van der Waals surface area contributed by atoms with Crippen LogP contribution in [0.15, 0.2) is 18.3 Å². The van der Waals surface area contributed by atoms with E-state index in [1.54, 1.807) is 6.20 Å². The fraction of sp³-hybridized carbons (Fsp3) is 0.600. The number of anilines is 1. The van der Waals surface area contributed by atoms with E-state index in [2.05, 4.69) is 24.1 Å². The van der Waals surface area contributed by atoms with Gasteiger partial charge in [0.05, 0.1) is 17.3 Å². The Balaban J connectivity index is 2.84. The molecule has 0 atom stereocenters. The van der Waals surface area contributed by atoms with Gasteiger partial charge in [0, 0.05) is 12.2 Å². The maximum Gasteiger partial charge on any atom is 0.231 e. The zero-order chi connectivity index (χ0) is 14.3. The average molecular weight is 263 g/mol. The van der Waals surface area contributed by atoms with Crippen molar-refractivity contribution in [1.82, 2.24) is 4.98 Å². The van der Waals surface area contributed by atoms with Crippen LogP contribution in [0.3, 0.4) is 0 Å². The predicted molar refractivity (Wildman–Crippen MR) is 78.9 cm³/mol. The summed E-state index contributed by atoms with van der Waals surface area (Å²) in [5.41, 5.74) is 7.10. The third-order valence-corrected chi connectivity index (χ3v) is 3.50. The standard InChI is InChI=1S/C15H25N3O/c1-4-8-15(11-16,9-5-2)14(19)18-13-7-6-12(3)17-10-13/h6-7,10H,4-5,8-9,11,16H2,1-3H3,(H,18,19). The van der Waals surface area contributed by atoms with Crippen molar-refractivity contribution in [2.24, 2.45) is 11.1 Å². The number of hydrogen-bond donors (Lipinski definition) is 2. The fourth-order valence-corrected chi connectivity index (χ4v) is 2.41. The number of pyridine rings is 1. The van der Waals surface area contributed by atoms with Gasteiger partial charge in [-0.05, 0) is 31.9 Å². The van der Waals surface area contributed by atoms with Crippen molar-refractivity contribution in [1.29, 1.82) is 0 Å². The van der Waals surface area contributed by atoms with Crippen molar-refractivity contribution in [3.05, 3.63) is 24.0 Å². The third kappa shape index (κ3) is 4.03. The molecule has 0 saturated carbocycles. The molecule has 0 spiro atoms. The molecule has 0 unspecified atom stereocenters. The summed E-state index contributed by atoms with van der Waals surface area (Å²) in [7, 11) is 0. The van der Waals surface area contributed by atoms with Crippen LogP contribution < -0.4 is 11.1 Å². The summed E-state index contributed by atoms with van der Waals surface area (Å²) in [5, 5.41) is 2.95. The lowest BCUT2D eigenvalue weighted by Gasteiger charge is -2.30. The quantitative estimate of drug-likeness (QED) is 0.794. The van der Waals surface area contributed by atoms with E-state index in [1.807, 2.05) is 19.1 Å². The first-order valence-corrected chi connectivity index (χ1v) is 7.02. The normalized spacial score (nSPS) is 11.4. The zero-order valence-electron chi connectivity index (χ0n) is 12.2. The monoisotopic (exact) mass is 263 g/mol. The van der Waals surface area contributed by atoms with Gasteiger partial charge in [-0.3, -0.25) is 9.78 Å². The van der Waals surface area contributed by atoms with E-state index in [9.17, 15) is 4.79 Å². The second kappa shape index (κ2) is 7.24. The lowest BCUT2D eigenvalue weighted by molar-refractivity contribution is -0.126. The summed E-state index contributed by atoms with van der Waals surface area (Å²) in [6.07, 6.45) is 5.24. The van der Waals surface area contributed by atoms with Gasteiger partial charge in [-0.25, -0.2) is 0 Å². The van der Waals surface area contributed by atoms with Gasteiger partial charge in [-0.1, -0.05) is 26.7 Å². The van der Waals surface area contributed by atoms with Crippen molar-refractivity contribution in [3.8, 4) is 0 Å². The van der Waals surface area contributed by atoms with Crippen molar-refractivity contribution < 1.29 is 4.79 Å². The number of rotatable bonds is 7. The highest BCUT2D eigenvalue weighted by Gasteiger charge is 2.35. The SMILES string of the molecule is CCCC(CN)(CCC)C(=O)Nc1ccc(C)nc1. The molecule has 0 radical (unpaired) electrons. The molecule has 1 aromatic heterocycles. The van der Waals surface area contributed by atoms with Crippen molar-refractivity contribution in [3.63, 3.8) is 0 Å². The highest BCUT2D eigenvalue weighted by Crippen LogP contribution is 2.30. The van der Waals surface area contributed by atoms with Crippen molar-refractivity contribution in [2.75, 3.05) is 11.9 Å². The first kappa shape index (κ1) is 15.6. The Bertz CT molecular complexity index is 394. The molecule has 4 nitrogen and oxygen atoms in total. The van der Waals surface area contributed by atoms with E-state index in [0.29, 0.717) is 6.54 Å². The fourth-order valence-electron chi connectivity index (χ4n) is 2.41. The summed E-state index contributed by atoms with van der Waals surface area (Å²) >= 11 is 0. The molecule has 106 valence electrons. The van der Waals surface area contributed by atoms with Crippen LogP contribution in [0.25, 0.3) is 0 Å². The molecule has 1 heterocycles. The van der Waals surface area contributed by atoms with Crippen LogP contribution in [0.1, 0.15) is 45.2 Å². The number of nitrogens with one attached hydrogen (secondary N) is 1. The zero-order valence-corrected chi connectivity index (χ0v) is 12.2. The maximum atomic E-state index is 12.5. The second-order valence-corrected chi connectivity index (χ2v) is 5.13. The molecule has 0 bridgehead atoms. The minimum Gasteiger partial charge on any atom is -0.329 e. The molecule has 0 saturated heterocycles. The van der Waals surface area contributed by atoms with Crippen LogP contribution in [-0.2, 0) is 4.79 Å². The number of aromatic nitrogens is 1. The van der Waals surface area contributed by atoms with Crippen LogP contribution in [0.4, 0.5) is 5.69 Å². The van der Waals surface area contributed by atoms with E-state index < -0.39 is 5.41 Å². The molecular weight excluding hydrogens is 238 g/mol. The van der Waals surface area contributed by atoms with Crippen molar-refractivity contribution >= 4 is 11.6 Å². The Labute approximate surface area is 115 Å². The van der Waals surface area contributed by atoms with Crippen LogP contribution in [0, 0.1) is 12.3 Å². The molecule has 0 aliphatic carbocycles. The number of carbonyl (C=O) groups excluding carboxylic acids is 1. The molecule has 3 N–H and O–H groups in total. The summed E-state index contributed by atoms with van der Waals surface area (Å²) in [5.74, 6) is 0.0179. The Hall–Kier alpha value is -1.42. The first-order chi connectivity index (χ1) is 9.07. The number of hydrogen-bond acceptors (Lipinski definition) is 3. The number of amides is 1. The minimum absolute atomic E-state index is 0.0179. The predicted octanol–water partition coefficient (Wildman–Crippen LogP) is 2.87. The Morgan fingerprint density at radius 2 is 1.95 bits per heavy atom. The summed E-state index contributed by atoms with van der Waals surface area (Å²) < 4.78 is 0. The Morgan fingerprint density at radius 3 is 2.37 bits per heavy atom. The lowest BCUT2D eigenvalue weighted by atomic mass is 9.78. The lowest BCUT2D eigenvalue weighted by Crippen LogP contribution is -2.42. The van der Waals surface area contributed by atoms with E-state index in [0.717, 1.165) is 37.1 Å². The smallest absolute Gasteiger partial charge is 0.231 e. The number of carbonyl (C=O) groups is 1. The van der Waals surface area contributed by atoms with E-state index in [4.69, 9.17) is 5.73 Å². The number of nitrogens with two attached hydrogens (primary N) is 1. The number of aryl methyl sites for hydroxylation is 1. The van der Waals surface area contributed by atoms with Gasteiger partial charge < -0.3 is 11.1 Å². The minimum atomic E-state index is -0.450. The average Bonchev–Trinajstić information content (AvgIpc) is 2.41. The van der Waals surface area contributed by atoms with Gasteiger partial charge in [0.15, 0.2) is 0 Å². The van der Waals surface area contributed by atoms with E-state index in [1.165, 1.54) is 0 Å². The molecule has 4 heteroatoms. The summed E-state index contributed by atoms with van der Waals surface area (Å²) in [4.78, 5) is 16.7. The Morgan fingerprint density at radius 1 is 1.32 bits per heavy atom. The van der Waals surface area contributed by atoms with Crippen molar-refractivity contribution in [2.45, 2.75) is 46.5 Å². The molecule has 0 fully saturated rings. The van der Waals surface area contributed by atoms with Gasteiger partial charge in [0.1, 0.15) is 0 Å². The van der Waals surface area contributed by atoms with Crippen LogP contribution >= 0.6 is 0 Å². The second-order valence-electron chi connectivity index (χ2n) is 5.13. The number of nitrogens with zero attached hydrogens (tertiary/aromatic N) is 1. The molecule has 1 rings (SSSR count). The summed E-state index contributed by atoms with van der Waals surface area (Å²) in [6, 6.07) is 3.76. The van der Waals surface area contributed by atoms with Gasteiger partial charge in [-0.15, -0.1) is 0 Å². The summed E-state index contributed by atoms with van der Waals surface area (Å²) in [6.45, 7) is 6.48. The molecule has 1 amide bonds. The molecule has 19 heavy (non-hydrogen) atoms. The first-order valence-electron chi connectivity index (χ1n) is 7.02. The van der Waals surface area contributed by atoms with Crippen LogP contribution in [0.5, 0.6) is 0 Å². The Kier molecular flexibility index (Phi) is 5.96. The van der Waals surface area contributed by atoms with Gasteiger partial charge >= 0.3 is 0 Å². The van der Waals surface area contributed by atoms with Crippen LogP contribution in [-0.4, -0.2) is 17.4 Å². The third-order valence-electron chi connectivity index (χ3n) is 3.50. The molecule has 1 aromatic rings. The highest BCUT2D eigenvalue weighted by atomic mass is 16.2. The van der Waals surface area contributed by atoms with Gasteiger partial charge in [-0.2, -0.15) is 0 Å². The maximum absolute atomic E-state index is 12.5. The van der Waals surface area contributed by atoms with E-state index in [-0.39, 0.29) is 5.91 Å². The van der Waals surface area contributed by atoms with Gasteiger partial charge in [0.25, 0.3) is 0 Å².